The van der Waals surface area contributed by atoms with Crippen LogP contribution in [0, 0.1) is 21.4 Å². The van der Waals surface area contributed by atoms with Gasteiger partial charge in [0.2, 0.25) is 4.96 Å². The Morgan fingerprint density at radius 1 is 1.27 bits per heavy atom. The fraction of sp³-hybridized carbons (Fsp3) is 0.227. The van der Waals surface area contributed by atoms with Crippen LogP contribution in [0.4, 0.5) is 5.69 Å². The first-order valence-corrected chi connectivity index (χ1v) is 11.5. The molecule has 1 aromatic carbocycles. The Kier molecular flexibility index (Phi) is 5.15. The molecule has 0 amide bonds. The van der Waals surface area contributed by atoms with Crippen LogP contribution in [0.1, 0.15) is 31.4 Å². The maximum absolute atomic E-state index is 12.9. The topological polar surface area (TPSA) is 104 Å². The molecule has 1 aliphatic carbocycles. The summed E-state index contributed by atoms with van der Waals surface area (Å²) < 4.78 is 7.66. The molecular weight excluding hydrogens is 487 g/mol. The summed E-state index contributed by atoms with van der Waals surface area (Å²) in [7, 11) is 0. The number of thiazole rings is 1. The Hall–Kier alpha value is -3.01. The Morgan fingerprint density at radius 3 is 2.73 bits per heavy atom. The first-order chi connectivity index (χ1) is 15.7. The number of furan rings is 1. The first kappa shape index (κ1) is 21.8. The first-order valence-electron chi connectivity index (χ1n) is 9.94. The number of allylic oxidation sites excluding steroid dienone is 1. The average molecular weight is 503 g/mol. The maximum atomic E-state index is 12.9. The Morgan fingerprint density at radius 2 is 2.03 bits per heavy atom. The lowest BCUT2D eigenvalue weighted by Crippen LogP contribution is -2.23. The summed E-state index contributed by atoms with van der Waals surface area (Å²) >= 11 is 12.8. The van der Waals surface area contributed by atoms with Crippen molar-refractivity contribution in [2.45, 2.75) is 19.8 Å². The van der Waals surface area contributed by atoms with Gasteiger partial charge in [0.05, 0.1) is 10.5 Å². The highest BCUT2D eigenvalue weighted by Crippen LogP contribution is 2.64. The van der Waals surface area contributed by atoms with Crippen LogP contribution in [-0.4, -0.2) is 19.5 Å². The summed E-state index contributed by atoms with van der Waals surface area (Å²) in [6, 6.07) is 9.62. The fourth-order valence-corrected chi connectivity index (χ4v) is 5.31. The largest absolute Gasteiger partial charge is 0.456 e. The third-order valence-electron chi connectivity index (χ3n) is 5.96. The van der Waals surface area contributed by atoms with E-state index in [1.54, 1.807) is 42.5 Å². The smallest absolute Gasteiger partial charge is 0.291 e. The molecule has 0 N–H and O–H groups in total. The van der Waals surface area contributed by atoms with Crippen LogP contribution in [0.3, 0.4) is 0 Å². The zero-order valence-corrected chi connectivity index (χ0v) is 19.7. The second-order valence-electron chi connectivity index (χ2n) is 8.34. The minimum Gasteiger partial charge on any atom is -0.456 e. The van der Waals surface area contributed by atoms with Crippen LogP contribution in [0.15, 0.2) is 56.2 Å². The van der Waals surface area contributed by atoms with Crippen molar-refractivity contribution < 1.29 is 9.34 Å². The predicted molar refractivity (Wildman–Crippen MR) is 127 cm³/mol. The van der Waals surface area contributed by atoms with Crippen molar-refractivity contribution in [2.75, 3.05) is 0 Å². The number of fused-ring (bicyclic) bond motifs is 1. The van der Waals surface area contributed by atoms with Gasteiger partial charge in [-0.3, -0.25) is 14.9 Å². The highest BCUT2D eigenvalue weighted by molar-refractivity contribution is 7.15. The summed E-state index contributed by atoms with van der Waals surface area (Å²) in [4.78, 5) is 28.8. The number of halogens is 2. The Labute approximate surface area is 200 Å². The SMILES string of the molecule is CC1(C)[C@H](c2nc3s/c(=C/c4ccc(-c5ccccc5[N+](=O)[O-])o4)c(=O)n3n2)[C@@H]1C=C(Cl)Cl. The van der Waals surface area contributed by atoms with Gasteiger partial charge < -0.3 is 4.42 Å². The van der Waals surface area contributed by atoms with Crippen molar-refractivity contribution in [1.29, 1.82) is 0 Å². The molecule has 0 saturated heterocycles. The van der Waals surface area contributed by atoms with Crippen LogP contribution in [0.5, 0.6) is 0 Å². The Balaban J connectivity index is 1.48. The molecule has 33 heavy (non-hydrogen) atoms. The number of rotatable bonds is 5. The normalized spacial score (nSPS) is 19.7. The predicted octanol–water partition coefficient (Wildman–Crippen LogP) is 4.93. The number of aromatic nitrogens is 3. The van der Waals surface area contributed by atoms with E-state index in [9.17, 15) is 14.9 Å². The van der Waals surface area contributed by atoms with E-state index in [-0.39, 0.29) is 33.0 Å². The van der Waals surface area contributed by atoms with Gasteiger partial charge in [0.1, 0.15) is 20.5 Å². The van der Waals surface area contributed by atoms with E-state index < -0.39 is 4.92 Å². The number of hydrogen-bond acceptors (Lipinski definition) is 7. The molecule has 3 heterocycles. The molecular formula is C22H16Cl2N4O4S. The highest BCUT2D eigenvalue weighted by atomic mass is 35.5. The molecule has 2 atom stereocenters. The molecule has 0 spiro atoms. The summed E-state index contributed by atoms with van der Waals surface area (Å²) in [5.74, 6) is 1.45. The molecule has 0 aliphatic heterocycles. The van der Waals surface area contributed by atoms with Crippen molar-refractivity contribution in [2.24, 2.45) is 11.3 Å². The number of para-hydroxylation sites is 1. The van der Waals surface area contributed by atoms with Gasteiger partial charge in [-0.05, 0) is 35.6 Å². The zero-order valence-electron chi connectivity index (χ0n) is 17.4. The summed E-state index contributed by atoms with van der Waals surface area (Å²) in [6.45, 7) is 4.15. The standard InChI is InChI=1S/C22H16Cl2N4O4S/c1-22(2)13(10-17(23)24)18(22)19-25-21-27(26-19)20(29)16(33-21)9-11-7-8-15(32-11)12-5-3-4-6-14(12)28(30)31/h3-10,13,18H,1-2H3/b16-9+/t13-,18-/m0/s1. The van der Waals surface area contributed by atoms with E-state index in [1.165, 1.54) is 21.9 Å². The minimum atomic E-state index is -0.461. The van der Waals surface area contributed by atoms with Crippen LogP contribution in [-0.2, 0) is 0 Å². The van der Waals surface area contributed by atoms with E-state index in [0.717, 1.165) is 0 Å². The van der Waals surface area contributed by atoms with Gasteiger partial charge in [-0.1, -0.05) is 60.5 Å². The van der Waals surface area contributed by atoms with E-state index in [1.807, 2.05) is 0 Å². The molecule has 0 radical (unpaired) electrons. The number of nitro benzene ring substituents is 1. The lowest BCUT2D eigenvalue weighted by Gasteiger charge is -1.98. The number of nitro groups is 1. The van der Waals surface area contributed by atoms with E-state index in [4.69, 9.17) is 27.6 Å². The fourth-order valence-electron chi connectivity index (χ4n) is 4.14. The highest BCUT2D eigenvalue weighted by Gasteiger charge is 2.59. The lowest BCUT2D eigenvalue weighted by molar-refractivity contribution is -0.384. The summed E-state index contributed by atoms with van der Waals surface area (Å²) in [5, 5.41) is 15.7. The third kappa shape index (κ3) is 3.76. The monoisotopic (exact) mass is 502 g/mol. The molecule has 8 nitrogen and oxygen atoms in total. The van der Waals surface area contributed by atoms with Gasteiger partial charge in [-0.25, -0.2) is 4.98 Å². The van der Waals surface area contributed by atoms with Crippen molar-refractivity contribution in [3.05, 3.63) is 83.6 Å². The van der Waals surface area contributed by atoms with Crippen molar-refractivity contribution in [3.8, 4) is 11.3 Å². The second kappa shape index (κ2) is 7.79. The molecule has 11 heteroatoms. The van der Waals surface area contributed by atoms with Crippen molar-refractivity contribution in [3.63, 3.8) is 0 Å². The number of nitrogens with zero attached hydrogens (tertiary/aromatic N) is 4. The lowest BCUT2D eigenvalue weighted by atomic mass is 10.1. The van der Waals surface area contributed by atoms with Gasteiger partial charge >= 0.3 is 0 Å². The summed E-state index contributed by atoms with van der Waals surface area (Å²) in [6.07, 6.45) is 3.37. The van der Waals surface area contributed by atoms with E-state index >= 15 is 0 Å². The summed E-state index contributed by atoms with van der Waals surface area (Å²) in [5.41, 5.74) is -0.0991. The van der Waals surface area contributed by atoms with Crippen LogP contribution >= 0.6 is 34.5 Å². The second-order valence-corrected chi connectivity index (χ2v) is 10.4. The van der Waals surface area contributed by atoms with Crippen molar-refractivity contribution in [1.82, 2.24) is 14.6 Å². The quantitative estimate of drug-likeness (QED) is 0.283. The average Bonchev–Trinajstić information content (AvgIpc) is 3.21. The van der Waals surface area contributed by atoms with Gasteiger partial charge in [0.25, 0.3) is 11.2 Å². The third-order valence-corrected chi connectivity index (χ3v) is 7.17. The minimum absolute atomic E-state index is 0.0261. The van der Waals surface area contributed by atoms with Gasteiger partial charge in [-0.15, -0.1) is 5.10 Å². The van der Waals surface area contributed by atoms with E-state index in [2.05, 4.69) is 23.9 Å². The number of hydrogen-bond donors (Lipinski definition) is 0. The molecule has 0 bridgehead atoms. The van der Waals surface area contributed by atoms with Crippen LogP contribution < -0.4 is 10.1 Å². The van der Waals surface area contributed by atoms with E-state index in [0.29, 0.717) is 32.4 Å². The molecule has 3 aromatic heterocycles. The van der Waals surface area contributed by atoms with Gasteiger partial charge in [0, 0.05) is 18.1 Å². The maximum Gasteiger partial charge on any atom is 0.291 e. The molecule has 4 aromatic rings. The molecule has 168 valence electrons. The molecule has 5 rings (SSSR count). The van der Waals surface area contributed by atoms with Crippen LogP contribution in [0.2, 0.25) is 0 Å². The number of benzene rings is 1. The van der Waals surface area contributed by atoms with Gasteiger partial charge in [-0.2, -0.15) is 4.52 Å². The zero-order chi connectivity index (χ0) is 23.5. The Bertz CT molecular complexity index is 1550. The molecule has 1 aliphatic rings. The molecule has 1 saturated carbocycles. The van der Waals surface area contributed by atoms with Gasteiger partial charge in [0.15, 0.2) is 5.82 Å². The van der Waals surface area contributed by atoms with Crippen LogP contribution in [0.25, 0.3) is 22.4 Å². The molecule has 0 unspecified atom stereocenters. The molecule has 1 fully saturated rings. The van der Waals surface area contributed by atoms with Crippen molar-refractivity contribution >= 4 is 51.3 Å².